The highest BCUT2D eigenvalue weighted by atomic mass is 15.2. The topological polar surface area (TPSA) is 56.7 Å². The van der Waals surface area contributed by atoms with Crippen molar-refractivity contribution >= 4 is 17.1 Å². The highest BCUT2D eigenvalue weighted by molar-refractivity contribution is 5.73. The van der Waals surface area contributed by atoms with Gasteiger partial charge in [-0.25, -0.2) is 9.97 Å². The molecule has 2 aromatic heterocycles. The predicted octanol–water partition coefficient (Wildman–Crippen LogP) is 2.37. The summed E-state index contributed by atoms with van der Waals surface area (Å²) in [6, 6.07) is 12.2. The number of anilines is 1. The molecule has 3 rings (SSSR count). The number of hydrogen-bond acceptors (Lipinski definition) is 3. The van der Waals surface area contributed by atoms with E-state index in [9.17, 15) is 0 Å². The molecule has 0 aliphatic heterocycles. The zero-order valence-electron chi connectivity index (χ0n) is 10.2. The molecular formula is C14H14N4. The van der Waals surface area contributed by atoms with Crippen molar-refractivity contribution in [2.75, 3.05) is 5.73 Å². The molecule has 0 aliphatic rings. The van der Waals surface area contributed by atoms with E-state index in [1.807, 2.05) is 16.7 Å². The van der Waals surface area contributed by atoms with Crippen LogP contribution >= 0.6 is 0 Å². The average Bonchev–Trinajstić information content (AvgIpc) is 2.69. The van der Waals surface area contributed by atoms with Gasteiger partial charge in [0.2, 0.25) is 5.95 Å². The number of nitrogens with two attached hydrogens (primary N) is 1. The predicted molar refractivity (Wildman–Crippen MR) is 72.2 cm³/mol. The number of nitrogens with zero attached hydrogens (tertiary/aromatic N) is 3. The number of imidazole rings is 1. The van der Waals surface area contributed by atoms with Gasteiger partial charge < -0.3 is 5.73 Å². The van der Waals surface area contributed by atoms with Crippen LogP contribution in [-0.4, -0.2) is 14.5 Å². The van der Waals surface area contributed by atoms with Gasteiger partial charge in [0.15, 0.2) is 5.65 Å². The molecule has 2 N–H and O–H groups in total. The van der Waals surface area contributed by atoms with Gasteiger partial charge in [0, 0.05) is 6.20 Å². The van der Waals surface area contributed by atoms with Gasteiger partial charge in [-0.15, -0.1) is 0 Å². The fourth-order valence-electron chi connectivity index (χ4n) is 2.01. The number of rotatable bonds is 2. The number of aryl methyl sites for hydroxylation is 1. The second-order valence-electron chi connectivity index (χ2n) is 4.39. The molecule has 0 unspecified atom stereocenters. The fourth-order valence-corrected chi connectivity index (χ4v) is 2.01. The first-order valence-corrected chi connectivity index (χ1v) is 5.86. The molecule has 0 saturated carbocycles. The van der Waals surface area contributed by atoms with Crippen LogP contribution < -0.4 is 5.73 Å². The third kappa shape index (κ3) is 1.82. The third-order valence-electron chi connectivity index (χ3n) is 2.99. The van der Waals surface area contributed by atoms with Crippen LogP contribution in [0, 0.1) is 6.92 Å². The van der Waals surface area contributed by atoms with Crippen molar-refractivity contribution in [3.05, 3.63) is 53.7 Å². The van der Waals surface area contributed by atoms with E-state index >= 15 is 0 Å². The van der Waals surface area contributed by atoms with Gasteiger partial charge >= 0.3 is 0 Å². The second-order valence-corrected chi connectivity index (χ2v) is 4.39. The van der Waals surface area contributed by atoms with Crippen molar-refractivity contribution < 1.29 is 0 Å². The summed E-state index contributed by atoms with van der Waals surface area (Å²) in [5.74, 6) is 0.504. The third-order valence-corrected chi connectivity index (χ3v) is 2.99. The maximum atomic E-state index is 5.94. The number of fused-ring (bicyclic) bond motifs is 1. The van der Waals surface area contributed by atoms with Crippen molar-refractivity contribution in [2.24, 2.45) is 0 Å². The van der Waals surface area contributed by atoms with Crippen LogP contribution in [0.4, 0.5) is 5.95 Å². The Morgan fingerprint density at radius 2 is 1.94 bits per heavy atom. The van der Waals surface area contributed by atoms with E-state index in [1.54, 1.807) is 6.20 Å². The molecule has 0 radical (unpaired) electrons. The molecule has 4 nitrogen and oxygen atoms in total. The Balaban J connectivity index is 2.04. The quantitative estimate of drug-likeness (QED) is 0.745. The Labute approximate surface area is 105 Å². The minimum Gasteiger partial charge on any atom is -0.369 e. The maximum Gasteiger partial charge on any atom is 0.202 e. The Hall–Kier alpha value is -2.36. The fraction of sp³-hybridized carbons (Fsp3) is 0.143. The molecule has 2 heterocycles. The normalized spacial score (nSPS) is 10.9. The van der Waals surface area contributed by atoms with Crippen molar-refractivity contribution in [3.63, 3.8) is 0 Å². The molecule has 90 valence electrons. The number of nitrogen functional groups attached to an aromatic ring is 1. The summed E-state index contributed by atoms with van der Waals surface area (Å²) in [7, 11) is 0. The van der Waals surface area contributed by atoms with Gasteiger partial charge in [-0.3, -0.25) is 4.57 Å². The molecule has 0 aliphatic carbocycles. The van der Waals surface area contributed by atoms with Crippen molar-refractivity contribution in [1.82, 2.24) is 14.5 Å². The van der Waals surface area contributed by atoms with Gasteiger partial charge in [-0.1, -0.05) is 29.8 Å². The summed E-state index contributed by atoms with van der Waals surface area (Å²) in [6.45, 7) is 2.77. The zero-order valence-corrected chi connectivity index (χ0v) is 10.2. The number of hydrogen-bond donors (Lipinski definition) is 1. The second kappa shape index (κ2) is 4.14. The lowest BCUT2D eigenvalue weighted by atomic mass is 10.1. The summed E-state index contributed by atoms with van der Waals surface area (Å²) >= 11 is 0. The zero-order chi connectivity index (χ0) is 12.5. The van der Waals surface area contributed by atoms with Gasteiger partial charge in [0.05, 0.1) is 6.54 Å². The van der Waals surface area contributed by atoms with E-state index in [4.69, 9.17) is 5.73 Å². The molecule has 3 aromatic rings. The lowest BCUT2D eigenvalue weighted by Gasteiger charge is -2.06. The number of aromatic nitrogens is 3. The van der Waals surface area contributed by atoms with E-state index in [0.29, 0.717) is 12.5 Å². The molecule has 4 heteroatoms. The number of pyridine rings is 1. The molecule has 0 bridgehead atoms. The first kappa shape index (κ1) is 10.8. The van der Waals surface area contributed by atoms with Crippen LogP contribution in [-0.2, 0) is 6.54 Å². The van der Waals surface area contributed by atoms with Gasteiger partial charge in [-0.2, -0.15) is 0 Å². The molecule has 0 fully saturated rings. The summed E-state index contributed by atoms with van der Waals surface area (Å²) in [6.07, 6.45) is 1.76. The first-order valence-electron chi connectivity index (χ1n) is 5.86. The minimum absolute atomic E-state index is 0.504. The monoisotopic (exact) mass is 238 g/mol. The Kier molecular flexibility index (Phi) is 2.48. The van der Waals surface area contributed by atoms with E-state index in [2.05, 4.69) is 41.2 Å². The van der Waals surface area contributed by atoms with Crippen LogP contribution in [0.25, 0.3) is 11.2 Å². The van der Waals surface area contributed by atoms with Crippen LogP contribution in [0.2, 0.25) is 0 Å². The largest absolute Gasteiger partial charge is 0.369 e. The summed E-state index contributed by atoms with van der Waals surface area (Å²) in [5.41, 5.74) is 10.0. The highest BCUT2D eigenvalue weighted by Crippen LogP contribution is 2.17. The summed E-state index contributed by atoms with van der Waals surface area (Å²) < 4.78 is 1.93. The molecule has 18 heavy (non-hydrogen) atoms. The molecular weight excluding hydrogens is 224 g/mol. The van der Waals surface area contributed by atoms with Crippen LogP contribution in [0.1, 0.15) is 11.1 Å². The Bertz CT molecular complexity index is 683. The number of benzene rings is 1. The van der Waals surface area contributed by atoms with Crippen LogP contribution in [0.5, 0.6) is 0 Å². The van der Waals surface area contributed by atoms with Gasteiger partial charge in [0.25, 0.3) is 0 Å². The lowest BCUT2D eigenvalue weighted by Crippen LogP contribution is -2.05. The van der Waals surface area contributed by atoms with Crippen LogP contribution in [0.3, 0.4) is 0 Å². The Morgan fingerprint density at radius 3 is 2.72 bits per heavy atom. The van der Waals surface area contributed by atoms with E-state index in [1.165, 1.54) is 11.1 Å². The molecule has 0 saturated heterocycles. The smallest absolute Gasteiger partial charge is 0.202 e. The Morgan fingerprint density at radius 1 is 1.17 bits per heavy atom. The van der Waals surface area contributed by atoms with E-state index in [0.717, 1.165) is 11.2 Å². The van der Waals surface area contributed by atoms with Gasteiger partial charge in [-0.05, 0) is 24.6 Å². The lowest BCUT2D eigenvalue weighted by molar-refractivity contribution is 0.827. The molecule has 0 spiro atoms. The maximum absolute atomic E-state index is 5.94. The van der Waals surface area contributed by atoms with Crippen molar-refractivity contribution in [1.29, 1.82) is 0 Å². The summed E-state index contributed by atoms with van der Waals surface area (Å²) in [4.78, 5) is 8.64. The molecule has 0 amide bonds. The van der Waals surface area contributed by atoms with Crippen molar-refractivity contribution in [3.8, 4) is 0 Å². The molecule has 1 aromatic carbocycles. The van der Waals surface area contributed by atoms with Crippen LogP contribution in [0.15, 0.2) is 42.6 Å². The van der Waals surface area contributed by atoms with E-state index in [-0.39, 0.29) is 0 Å². The summed E-state index contributed by atoms with van der Waals surface area (Å²) in [5, 5.41) is 0. The first-order chi connectivity index (χ1) is 8.74. The standard InChI is InChI=1S/C14H14N4/c1-10-4-6-11(7-5-10)9-18-13-12(17-14(18)15)3-2-8-16-13/h2-8H,9H2,1H3,(H2,15,17). The highest BCUT2D eigenvalue weighted by Gasteiger charge is 2.08. The van der Waals surface area contributed by atoms with Gasteiger partial charge in [0.1, 0.15) is 5.52 Å². The van der Waals surface area contributed by atoms with Crippen molar-refractivity contribution in [2.45, 2.75) is 13.5 Å². The average molecular weight is 238 g/mol. The minimum atomic E-state index is 0.504. The van der Waals surface area contributed by atoms with E-state index < -0.39 is 0 Å². The molecule has 0 atom stereocenters. The SMILES string of the molecule is Cc1ccc(Cn2c(N)nc3cccnc32)cc1.